The number of carbonyl (C=O) groups is 2. The van der Waals surface area contributed by atoms with Gasteiger partial charge in [0.1, 0.15) is 12.7 Å². The fraction of sp³-hybridized carbons (Fsp3) is 0.481. The van der Waals surface area contributed by atoms with Crippen LogP contribution < -0.4 is 0 Å². The lowest BCUT2D eigenvalue weighted by atomic mass is 9.73. The Morgan fingerprint density at radius 1 is 0.774 bits per heavy atom. The van der Waals surface area contributed by atoms with Crippen molar-refractivity contribution in [2.24, 2.45) is 5.41 Å². The van der Waals surface area contributed by atoms with Crippen molar-refractivity contribution in [2.45, 2.75) is 71.8 Å². The Kier molecular flexibility index (Phi) is 10.3. The largest absolute Gasteiger partial charge is 0.461 e. The first-order valence-electron chi connectivity index (χ1n) is 11.5. The van der Waals surface area contributed by atoms with Crippen LogP contribution in [0.25, 0.3) is 0 Å². The van der Waals surface area contributed by atoms with Gasteiger partial charge >= 0.3 is 11.9 Å². The van der Waals surface area contributed by atoms with Crippen molar-refractivity contribution in [2.75, 3.05) is 6.61 Å². The van der Waals surface area contributed by atoms with Crippen LogP contribution in [-0.2, 0) is 9.47 Å². The summed E-state index contributed by atoms with van der Waals surface area (Å²) in [5.74, 6) is -0.654. The molecule has 4 heteroatoms. The van der Waals surface area contributed by atoms with Gasteiger partial charge in [-0.15, -0.1) is 0 Å². The number of hydrogen-bond acceptors (Lipinski definition) is 4. The van der Waals surface area contributed by atoms with Crippen LogP contribution >= 0.6 is 0 Å². The zero-order valence-electron chi connectivity index (χ0n) is 19.1. The number of unbranched alkanes of at least 4 members (excludes halogenated alkanes) is 2. The average Bonchev–Trinajstić information content (AvgIpc) is 2.82. The molecule has 4 nitrogen and oxygen atoms in total. The highest BCUT2D eigenvalue weighted by atomic mass is 16.6. The highest BCUT2D eigenvalue weighted by Crippen LogP contribution is 2.39. The molecule has 0 saturated heterocycles. The molecule has 0 aliphatic heterocycles. The van der Waals surface area contributed by atoms with Crippen molar-refractivity contribution < 1.29 is 19.1 Å². The van der Waals surface area contributed by atoms with Crippen molar-refractivity contribution in [3.8, 4) is 0 Å². The number of rotatable bonds is 13. The van der Waals surface area contributed by atoms with Crippen LogP contribution in [0, 0.1) is 5.41 Å². The molecule has 0 aromatic heterocycles. The van der Waals surface area contributed by atoms with E-state index < -0.39 is 5.41 Å². The summed E-state index contributed by atoms with van der Waals surface area (Å²) in [5, 5.41) is 0. The van der Waals surface area contributed by atoms with Gasteiger partial charge in [-0.1, -0.05) is 82.9 Å². The van der Waals surface area contributed by atoms with E-state index in [9.17, 15) is 9.59 Å². The number of ether oxygens (including phenoxy) is 2. The maximum atomic E-state index is 12.8. The first-order chi connectivity index (χ1) is 15.1. The number of hydrogen-bond donors (Lipinski definition) is 0. The van der Waals surface area contributed by atoms with Crippen molar-refractivity contribution in [1.29, 1.82) is 0 Å². The van der Waals surface area contributed by atoms with Gasteiger partial charge in [-0.25, -0.2) is 9.59 Å². The van der Waals surface area contributed by atoms with Gasteiger partial charge < -0.3 is 9.47 Å². The minimum absolute atomic E-state index is 0.249. The normalized spacial score (nSPS) is 13.8. The molecule has 0 saturated carbocycles. The van der Waals surface area contributed by atoms with Crippen LogP contribution in [0.2, 0.25) is 0 Å². The number of carbonyl (C=O) groups excluding carboxylic acids is 2. The Labute approximate surface area is 187 Å². The molecule has 0 N–H and O–H groups in total. The predicted octanol–water partition coefficient (Wildman–Crippen LogP) is 6.85. The summed E-state index contributed by atoms with van der Waals surface area (Å²) in [6, 6.07) is 18.1. The molecule has 31 heavy (non-hydrogen) atoms. The summed E-state index contributed by atoms with van der Waals surface area (Å²) in [7, 11) is 0. The van der Waals surface area contributed by atoms with Gasteiger partial charge in [-0.2, -0.15) is 0 Å². The molecule has 168 valence electrons. The van der Waals surface area contributed by atoms with Crippen molar-refractivity contribution in [3.63, 3.8) is 0 Å². The zero-order chi connectivity index (χ0) is 22.5. The third kappa shape index (κ3) is 7.23. The summed E-state index contributed by atoms with van der Waals surface area (Å²) in [4.78, 5) is 25.5. The third-order valence-electron chi connectivity index (χ3n) is 5.84. The quantitative estimate of drug-likeness (QED) is 0.261. The minimum atomic E-state index is -0.395. The second kappa shape index (κ2) is 12.9. The smallest absolute Gasteiger partial charge is 0.338 e. The van der Waals surface area contributed by atoms with E-state index in [1.165, 1.54) is 0 Å². The van der Waals surface area contributed by atoms with Gasteiger partial charge in [0.05, 0.1) is 11.1 Å². The summed E-state index contributed by atoms with van der Waals surface area (Å²) in [5.41, 5.74) is 0.685. The van der Waals surface area contributed by atoms with E-state index in [-0.39, 0.29) is 24.6 Å². The topological polar surface area (TPSA) is 52.6 Å². The van der Waals surface area contributed by atoms with E-state index in [1.54, 1.807) is 24.3 Å². The van der Waals surface area contributed by atoms with Gasteiger partial charge in [-0.05, 0) is 43.5 Å². The van der Waals surface area contributed by atoms with Gasteiger partial charge in [-0.3, -0.25) is 0 Å². The molecule has 2 unspecified atom stereocenters. The molecule has 2 rings (SSSR count). The molecular formula is C27H36O4. The average molecular weight is 425 g/mol. The van der Waals surface area contributed by atoms with Crippen LogP contribution in [0.5, 0.6) is 0 Å². The van der Waals surface area contributed by atoms with E-state index in [0.29, 0.717) is 17.5 Å². The second-order valence-corrected chi connectivity index (χ2v) is 8.18. The van der Waals surface area contributed by atoms with Crippen molar-refractivity contribution in [1.82, 2.24) is 0 Å². The Morgan fingerprint density at radius 3 is 1.87 bits per heavy atom. The van der Waals surface area contributed by atoms with E-state index >= 15 is 0 Å². The van der Waals surface area contributed by atoms with Gasteiger partial charge in [0.2, 0.25) is 0 Å². The van der Waals surface area contributed by atoms with Crippen molar-refractivity contribution >= 4 is 11.9 Å². The van der Waals surface area contributed by atoms with E-state index in [0.717, 1.165) is 38.5 Å². The molecule has 2 atom stereocenters. The van der Waals surface area contributed by atoms with Crippen LogP contribution in [0.1, 0.15) is 86.4 Å². The fourth-order valence-corrected chi connectivity index (χ4v) is 4.19. The molecule has 0 fully saturated rings. The Morgan fingerprint density at radius 2 is 1.35 bits per heavy atom. The molecule has 0 aliphatic carbocycles. The number of benzene rings is 2. The monoisotopic (exact) mass is 424 g/mol. The highest BCUT2D eigenvalue weighted by Gasteiger charge is 2.41. The molecule has 2 aromatic carbocycles. The van der Waals surface area contributed by atoms with E-state index in [1.807, 2.05) is 43.3 Å². The van der Waals surface area contributed by atoms with Crippen LogP contribution in [-0.4, -0.2) is 24.6 Å². The summed E-state index contributed by atoms with van der Waals surface area (Å²) in [6.07, 6.45) is 6.19. The highest BCUT2D eigenvalue weighted by molar-refractivity contribution is 5.90. The fourth-order valence-electron chi connectivity index (χ4n) is 4.19. The SMILES string of the molecule is CCCCCC(CCC)(COC(=O)c1ccccc1)C(CC)OC(=O)c1ccccc1. The van der Waals surface area contributed by atoms with E-state index in [4.69, 9.17) is 9.47 Å². The standard InChI is InChI=1S/C27H36O4/c1-4-7-14-20-27(19-5-2,21-30-25(28)22-15-10-8-11-16-22)24(6-3)31-26(29)23-17-12-9-13-18-23/h8-13,15-18,24H,4-7,14,19-21H2,1-3H3. The van der Waals surface area contributed by atoms with Crippen LogP contribution in [0.15, 0.2) is 60.7 Å². The minimum Gasteiger partial charge on any atom is -0.461 e. The Bertz CT molecular complexity index is 787. The molecule has 0 heterocycles. The van der Waals surface area contributed by atoms with Crippen LogP contribution in [0.3, 0.4) is 0 Å². The van der Waals surface area contributed by atoms with Gasteiger partial charge in [0.15, 0.2) is 0 Å². The summed E-state index contributed by atoms with van der Waals surface area (Å²) >= 11 is 0. The lowest BCUT2D eigenvalue weighted by Crippen LogP contribution is -2.43. The summed E-state index contributed by atoms with van der Waals surface area (Å²) < 4.78 is 11.9. The molecule has 0 amide bonds. The summed E-state index contributed by atoms with van der Waals surface area (Å²) in [6.45, 7) is 6.58. The first kappa shape index (κ1) is 24.6. The molecule has 2 aromatic rings. The van der Waals surface area contributed by atoms with Gasteiger partial charge in [0, 0.05) is 5.41 Å². The lowest BCUT2D eigenvalue weighted by Gasteiger charge is -2.39. The predicted molar refractivity (Wildman–Crippen MR) is 124 cm³/mol. The van der Waals surface area contributed by atoms with Gasteiger partial charge in [0.25, 0.3) is 0 Å². The second-order valence-electron chi connectivity index (χ2n) is 8.18. The maximum absolute atomic E-state index is 12.8. The first-order valence-corrected chi connectivity index (χ1v) is 11.5. The lowest BCUT2D eigenvalue weighted by molar-refractivity contribution is -0.0602. The van der Waals surface area contributed by atoms with E-state index in [2.05, 4.69) is 13.8 Å². The number of esters is 2. The molecule has 0 bridgehead atoms. The third-order valence-corrected chi connectivity index (χ3v) is 5.84. The molecule has 0 aliphatic rings. The molecule has 0 radical (unpaired) electrons. The molecule has 0 spiro atoms. The Balaban J connectivity index is 2.24. The molecular weight excluding hydrogens is 388 g/mol. The van der Waals surface area contributed by atoms with Crippen molar-refractivity contribution in [3.05, 3.63) is 71.8 Å². The maximum Gasteiger partial charge on any atom is 0.338 e. The zero-order valence-corrected chi connectivity index (χ0v) is 19.1. The Hall–Kier alpha value is -2.62. The van der Waals surface area contributed by atoms with Crippen LogP contribution in [0.4, 0.5) is 0 Å².